The molecule has 4 N–H and O–H groups in total. The van der Waals surface area contributed by atoms with Gasteiger partial charge in [-0.1, -0.05) is 0 Å². The van der Waals surface area contributed by atoms with Crippen LogP contribution in [-0.4, -0.2) is 31.6 Å². The Morgan fingerprint density at radius 2 is 1.54 bits per heavy atom. The van der Waals surface area contributed by atoms with Crippen molar-refractivity contribution in [1.29, 1.82) is 0 Å². The van der Waals surface area contributed by atoms with Gasteiger partial charge in [-0.2, -0.15) is 0 Å². The topological polar surface area (TPSA) is 141 Å². The first-order chi connectivity index (χ1) is 5.69. The van der Waals surface area contributed by atoms with Crippen molar-refractivity contribution >= 4 is 23.9 Å². The molecule has 0 aromatic rings. The number of hydrogen-bond donors (Lipinski definition) is 4. The Labute approximate surface area is 74.5 Å². The van der Waals surface area contributed by atoms with Crippen LogP contribution in [0.5, 0.6) is 0 Å². The van der Waals surface area contributed by atoms with Crippen LogP contribution in [0.2, 0.25) is 0 Å². The molecule has 0 aromatic heterocycles. The normalized spacial score (nSPS) is 13.9. The molecule has 0 saturated heterocycles. The zero-order chi connectivity index (χ0) is 10.7. The Morgan fingerprint density at radius 1 is 1.15 bits per heavy atom. The first-order valence-corrected chi connectivity index (χ1v) is 6.84. The molecule has 0 aliphatic carbocycles. The molecular formula is C2H7O8P3. The molecule has 11 heteroatoms. The summed E-state index contributed by atoms with van der Waals surface area (Å²) in [6, 6.07) is 0. The molecule has 0 radical (unpaired) electrons. The van der Waals surface area contributed by atoms with Gasteiger partial charge >= 0.3 is 23.9 Å². The predicted octanol–water partition coefficient (Wildman–Crippen LogP) is -0.109. The second kappa shape index (κ2) is 4.73. The van der Waals surface area contributed by atoms with E-state index in [0.29, 0.717) is 0 Å². The van der Waals surface area contributed by atoms with Gasteiger partial charge in [-0.3, -0.25) is 13.7 Å². The van der Waals surface area contributed by atoms with E-state index in [0.717, 1.165) is 0 Å². The van der Waals surface area contributed by atoms with Gasteiger partial charge in [-0.15, -0.1) is 0 Å². The van der Waals surface area contributed by atoms with Crippen LogP contribution in [0.3, 0.4) is 0 Å². The molecule has 0 heterocycles. The van der Waals surface area contributed by atoms with Crippen LogP contribution in [0.25, 0.3) is 0 Å². The average Bonchev–Trinajstić information content (AvgIpc) is 1.81. The molecule has 78 valence electrons. The molecule has 0 saturated carbocycles. The van der Waals surface area contributed by atoms with E-state index in [4.69, 9.17) is 19.6 Å². The summed E-state index contributed by atoms with van der Waals surface area (Å²) in [7, 11) is -10.8. The second-order valence-electron chi connectivity index (χ2n) is 2.03. The number of hydrogen-bond acceptors (Lipinski definition) is 4. The van der Waals surface area contributed by atoms with E-state index in [1.165, 1.54) is 0 Å². The van der Waals surface area contributed by atoms with Gasteiger partial charge in [0.2, 0.25) is 0 Å². The lowest BCUT2D eigenvalue weighted by Crippen LogP contribution is -2.14. The third kappa shape index (κ3) is 4.96. The van der Waals surface area contributed by atoms with Crippen LogP contribution < -0.4 is 0 Å². The second-order valence-corrected chi connectivity index (χ2v) is 6.45. The standard InChI is InChI=1S/C2H7O8P3/c3-11-10-1-2(12(4,5)6)13(7,8)9/h2H,1H2,(H2,4,5,6)(H2,7,8,9). The zero-order valence-corrected chi connectivity index (χ0v) is 8.73. The van der Waals surface area contributed by atoms with E-state index in [9.17, 15) is 13.7 Å². The third-order valence-electron chi connectivity index (χ3n) is 1.05. The summed E-state index contributed by atoms with van der Waals surface area (Å²) in [6.45, 7) is -0.973. The Kier molecular flexibility index (Phi) is 4.86. The third-order valence-corrected chi connectivity index (χ3v) is 4.96. The maximum absolute atomic E-state index is 10.5. The fourth-order valence-corrected chi connectivity index (χ4v) is 3.04. The van der Waals surface area contributed by atoms with Crippen LogP contribution in [0.1, 0.15) is 0 Å². The van der Waals surface area contributed by atoms with E-state index < -0.39 is 35.9 Å². The van der Waals surface area contributed by atoms with Gasteiger partial charge in [0.1, 0.15) is 0 Å². The van der Waals surface area contributed by atoms with Gasteiger partial charge in [0, 0.05) is 0 Å². The van der Waals surface area contributed by atoms with E-state index in [-0.39, 0.29) is 0 Å². The van der Waals surface area contributed by atoms with Crippen molar-refractivity contribution in [1.82, 2.24) is 0 Å². The van der Waals surface area contributed by atoms with Crippen LogP contribution in [-0.2, 0) is 18.2 Å². The van der Waals surface area contributed by atoms with E-state index in [2.05, 4.69) is 4.52 Å². The average molecular weight is 252 g/mol. The molecule has 0 rings (SSSR count). The molecule has 0 unspecified atom stereocenters. The summed E-state index contributed by atoms with van der Waals surface area (Å²) in [6.07, 6.45) is 0. The summed E-state index contributed by atoms with van der Waals surface area (Å²) in [5, 5.41) is -2.26. The molecule has 0 aromatic carbocycles. The lowest BCUT2D eigenvalue weighted by atomic mass is 10.9. The van der Waals surface area contributed by atoms with Gasteiger partial charge in [0.25, 0.3) is 0 Å². The summed E-state index contributed by atoms with van der Waals surface area (Å²) >= 11 is 0. The Hall–Kier alpha value is 0.360. The summed E-state index contributed by atoms with van der Waals surface area (Å²) in [4.78, 5) is 33.9. The van der Waals surface area contributed by atoms with Crippen molar-refractivity contribution in [3.05, 3.63) is 0 Å². The highest BCUT2D eigenvalue weighted by atomic mass is 31.2. The SMILES string of the molecule is O=POCC(P(=O)(O)O)P(=O)(O)O. The maximum Gasteiger partial charge on any atom is 0.343 e. The monoisotopic (exact) mass is 252 g/mol. The summed E-state index contributed by atoms with van der Waals surface area (Å²) in [5.74, 6) is 0. The van der Waals surface area contributed by atoms with Crippen LogP contribution in [0.4, 0.5) is 0 Å². The molecule has 0 amide bonds. The Morgan fingerprint density at radius 3 is 1.77 bits per heavy atom. The molecule has 13 heavy (non-hydrogen) atoms. The van der Waals surface area contributed by atoms with Crippen molar-refractivity contribution in [2.45, 2.75) is 5.40 Å². The van der Waals surface area contributed by atoms with E-state index >= 15 is 0 Å². The molecular weight excluding hydrogens is 245 g/mol. The van der Waals surface area contributed by atoms with Gasteiger partial charge < -0.3 is 19.6 Å². The first-order valence-electron chi connectivity index (χ1n) is 2.74. The predicted molar refractivity (Wildman–Crippen MR) is 41.4 cm³/mol. The highest BCUT2D eigenvalue weighted by molar-refractivity contribution is 7.70. The minimum absolute atomic E-state index is 0.901. The number of rotatable bonds is 5. The quantitative estimate of drug-likeness (QED) is 0.496. The van der Waals surface area contributed by atoms with Crippen LogP contribution >= 0.6 is 23.9 Å². The van der Waals surface area contributed by atoms with E-state index in [1.807, 2.05) is 0 Å². The highest BCUT2D eigenvalue weighted by Gasteiger charge is 2.43. The van der Waals surface area contributed by atoms with Gasteiger partial charge in [0.15, 0.2) is 5.40 Å². The van der Waals surface area contributed by atoms with Crippen molar-refractivity contribution < 1.29 is 37.8 Å². The molecule has 0 aliphatic rings. The smallest absolute Gasteiger partial charge is 0.324 e. The molecule has 0 aliphatic heterocycles. The van der Waals surface area contributed by atoms with E-state index in [1.54, 1.807) is 0 Å². The summed E-state index contributed by atoms with van der Waals surface area (Å²) in [5.41, 5.74) is 0. The highest BCUT2D eigenvalue weighted by Crippen LogP contribution is 2.59. The molecule has 8 nitrogen and oxygen atoms in total. The van der Waals surface area contributed by atoms with Crippen LogP contribution in [0, 0.1) is 0 Å². The lowest BCUT2D eigenvalue weighted by molar-refractivity contribution is 0.293. The molecule has 0 spiro atoms. The largest absolute Gasteiger partial charge is 0.343 e. The first kappa shape index (κ1) is 13.4. The van der Waals surface area contributed by atoms with Gasteiger partial charge in [0.05, 0.1) is 6.61 Å². The minimum atomic E-state index is -4.96. The van der Waals surface area contributed by atoms with Crippen molar-refractivity contribution in [3.8, 4) is 0 Å². The zero-order valence-electron chi connectivity index (χ0n) is 6.05. The molecule has 0 bridgehead atoms. The van der Waals surface area contributed by atoms with Crippen LogP contribution in [0.15, 0.2) is 0 Å². The van der Waals surface area contributed by atoms with Crippen molar-refractivity contribution in [2.24, 2.45) is 0 Å². The Balaban J connectivity index is 4.68. The van der Waals surface area contributed by atoms with Gasteiger partial charge in [-0.05, 0) is 0 Å². The maximum atomic E-state index is 10.5. The van der Waals surface area contributed by atoms with Gasteiger partial charge in [-0.25, -0.2) is 4.57 Å². The van der Waals surface area contributed by atoms with Crippen molar-refractivity contribution in [2.75, 3.05) is 6.61 Å². The lowest BCUT2D eigenvalue weighted by Gasteiger charge is -2.17. The molecule has 0 atom stereocenters. The minimum Gasteiger partial charge on any atom is -0.324 e. The molecule has 0 fully saturated rings. The summed E-state index contributed by atoms with van der Waals surface area (Å²) < 4.78 is 34.7. The Bertz CT molecular complexity index is 239. The fourth-order valence-electron chi connectivity index (χ4n) is 0.487. The van der Waals surface area contributed by atoms with Crippen molar-refractivity contribution in [3.63, 3.8) is 0 Å². The fraction of sp³-hybridized carbons (Fsp3) is 1.00.